The molecule has 7 nitrogen and oxygen atoms in total. The van der Waals surface area contributed by atoms with Gasteiger partial charge >= 0.3 is 0 Å². The first-order valence-electron chi connectivity index (χ1n) is 10.8. The number of nitrogens with zero attached hydrogens (tertiary/aromatic N) is 5. The van der Waals surface area contributed by atoms with Crippen LogP contribution in [0.4, 0.5) is 0 Å². The van der Waals surface area contributed by atoms with Crippen LogP contribution in [0.3, 0.4) is 0 Å². The maximum Gasteiger partial charge on any atom is 0.234 e. The van der Waals surface area contributed by atoms with Gasteiger partial charge in [-0.1, -0.05) is 19.3 Å². The number of pyridine rings is 1. The molecule has 0 bridgehead atoms. The molecular formula is C22H32N6O. The number of piperazine rings is 1. The van der Waals surface area contributed by atoms with Crippen molar-refractivity contribution in [1.82, 2.24) is 29.9 Å². The van der Waals surface area contributed by atoms with Gasteiger partial charge in [0.15, 0.2) is 0 Å². The maximum absolute atomic E-state index is 12.4. The average Bonchev–Trinajstić information content (AvgIpc) is 3.11. The molecular weight excluding hydrogens is 364 g/mol. The highest BCUT2D eigenvalue weighted by molar-refractivity contribution is 5.78. The fourth-order valence-electron chi connectivity index (χ4n) is 4.48. The van der Waals surface area contributed by atoms with Crippen molar-refractivity contribution in [2.45, 2.75) is 44.7 Å². The Morgan fingerprint density at radius 2 is 1.76 bits per heavy atom. The van der Waals surface area contributed by atoms with E-state index in [0.29, 0.717) is 12.6 Å². The van der Waals surface area contributed by atoms with E-state index in [4.69, 9.17) is 0 Å². The third kappa shape index (κ3) is 5.42. The minimum atomic E-state index is 0.192. The third-order valence-electron chi connectivity index (χ3n) is 6.05. The standard InChI is InChI=1S/C22H32N6O/c1-26-15-19(22(25-26)18-7-9-23-10-8-18)16-27-11-13-28(14-12-27)17-21(29)24-20-5-3-2-4-6-20/h7-10,15,20H,2-6,11-14,16-17H2,1H3,(H,24,29). The van der Waals surface area contributed by atoms with Gasteiger partial charge in [0, 0.05) is 75.5 Å². The topological polar surface area (TPSA) is 66.3 Å². The molecule has 0 spiro atoms. The van der Waals surface area contributed by atoms with Crippen molar-refractivity contribution >= 4 is 5.91 Å². The number of carbonyl (C=O) groups is 1. The van der Waals surface area contributed by atoms with Gasteiger partial charge in [0.05, 0.1) is 12.2 Å². The molecule has 1 aliphatic carbocycles. The summed E-state index contributed by atoms with van der Waals surface area (Å²) in [5.41, 5.74) is 3.38. The summed E-state index contributed by atoms with van der Waals surface area (Å²) in [5, 5.41) is 7.89. The number of hydrogen-bond acceptors (Lipinski definition) is 5. The molecule has 0 aromatic carbocycles. The highest BCUT2D eigenvalue weighted by atomic mass is 16.2. The largest absolute Gasteiger partial charge is 0.352 e. The number of carbonyl (C=O) groups excluding carboxylic acids is 1. The fraction of sp³-hybridized carbons (Fsp3) is 0.591. The lowest BCUT2D eigenvalue weighted by atomic mass is 9.95. The minimum absolute atomic E-state index is 0.192. The molecule has 1 aliphatic heterocycles. The Kier molecular flexibility index (Phi) is 6.56. The van der Waals surface area contributed by atoms with Crippen LogP contribution < -0.4 is 5.32 Å². The van der Waals surface area contributed by atoms with Crippen LogP contribution in [-0.2, 0) is 18.4 Å². The third-order valence-corrected chi connectivity index (χ3v) is 6.05. The monoisotopic (exact) mass is 396 g/mol. The van der Waals surface area contributed by atoms with E-state index in [1.165, 1.54) is 24.8 Å². The van der Waals surface area contributed by atoms with Gasteiger partial charge < -0.3 is 5.32 Å². The maximum atomic E-state index is 12.4. The number of aryl methyl sites for hydroxylation is 1. The second-order valence-corrected chi connectivity index (χ2v) is 8.37. The normalized spacial score (nSPS) is 19.3. The second-order valence-electron chi connectivity index (χ2n) is 8.37. The predicted octanol–water partition coefficient (Wildman–Crippen LogP) is 2.05. The number of aromatic nitrogens is 3. The van der Waals surface area contributed by atoms with Crippen molar-refractivity contribution in [1.29, 1.82) is 0 Å². The molecule has 2 aromatic rings. The van der Waals surface area contributed by atoms with Crippen molar-refractivity contribution in [3.05, 3.63) is 36.3 Å². The molecule has 2 aliphatic rings. The van der Waals surface area contributed by atoms with Crippen molar-refractivity contribution < 1.29 is 4.79 Å². The summed E-state index contributed by atoms with van der Waals surface area (Å²) in [7, 11) is 1.97. The van der Waals surface area contributed by atoms with E-state index in [1.807, 2.05) is 36.3 Å². The highest BCUT2D eigenvalue weighted by Gasteiger charge is 2.22. The van der Waals surface area contributed by atoms with E-state index < -0.39 is 0 Å². The van der Waals surface area contributed by atoms with Gasteiger partial charge in [-0.3, -0.25) is 24.3 Å². The van der Waals surface area contributed by atoms with Gasteiger partial charge in [0.1, 0.15) is 0 Å². The first-order chi connectivity index (χ1) is 14.2. The van der Waals surface area contributed by atoms with Crippen LogP contribution in [-0.4, -0.2) is 69.2 Å². The predicted molar refractivity (Wildman–Crippen MR) is 113 cm³/mol. The van der Waals surface area contributed by atoms with E-state index in [0.717, 1.165) is 56.8 Å². The molecule has 0 atom stereocenters. The molecule has 1 amide bonds. The Morgan fingerprint density at radius 1 is 1.07 bits per heavy atom. The smallest absolute Gasteiger partial charge is 0.234 e. The quantitative estimate of drug-likeness (QED) is 0.810. The second kappa shape index (κ2) is 9.50. The van der Waals surface area contributed by atoms with Gasteiger partial charge in [0.2, 0.25) is 5.91 Å². The van der Waals surface area contributed by atoms with Crippen LogP contribution in [0.5, 0.6) is 0 Å². The summed E-state index contributed by atoms with van der Waals surface area (Å²) in [6.45, 7) is 5.22. The summed E-state index contributed by atoms with van der Waals surface area (Å²) in [4.78, 5) is 21.2. The first kappa shape index (κ1) is 20.0. The molecule has 4 rings (SSSR count). The summed E-state index contributed by atoms with van der Waals surface area (Å²) >= 11 is 0. The SMILES string of the molecule is Cn1cc(CN2CCN(CC(=O)NC3CCCCC3)CC2)c(-c2ccncc2)n1. The summed E-state index contributed by atoms with van der Waals surface area (Å²) < 4.78 is 1.89. The Morgan fingerprint density at radius 3 is 2.48 bits per heavy atom. The van der Waals surface area contributed by atoms with Gasteiger partial charge in [-0.05, 0) is 25.0 Å². The van der Waals surface area contributed by atoms with Crippen LogP contribution >= 0.6 is 0 Å². The van der Waals surface area contributed by atoms with Gasteiger partial charge in [0.25, 0.3) is 0 Å². The molecule has 2 aromatic heterocycles. The zero-order chi connectivity index (χ0) is 20.1. The molecule has 1 saturated carbocycles. The van der Waals surface area contributed by atoms with E-state index in [1.54, 1.807) is 0 Å². The van der Waals surface area contributed by atoms with Crippen LogP contribution in [0.15, 0.2) is 30.7 Å². The van der Waals surface area contributed by atoms with Crippen molar-refractivity contribution in [2.24, 2.45) is 7.05 Å². The molecule has 3 heterocycles. The number of amides is 1. The van der Waals surface area contributed by atoms with Gasteiger partial charge in [-0.15, -0.1) is 0 Å². The van der Waals surface area contributed by atoms with Crippen LogP contribution in [0, 0.1) is 0 Å². The molecule has 0 radical (unpaired) electrons. The zero-order valence-corrected chi connectivity index (χ0v) is 17.4. The fourth-order valence-corrected chi connectivity index (χ4v) is 4.48. The van der Waals surface area contributed by atoms with Crippen molar-refractivity contribution in [2.75, 3.05) is 32.7 Å². The lowest BCUT2D eigenvalue weighted by Crippen LogP contribution is -2.50. The molecule has 7 heteroatoms. The van der Waals surface area contributed by atoms with Crippen molar-refractivity contribution in [3.63, 3.8) is 0 Å². The Hall–Kier alpha value is -2.25. The van der Waals surface area contributed by atoms with Crippen LogP contribution in [0.2, 0.25) is 0 Å². The van der Waals surface area contributed by atoms with Gasteiger partial charge in [-0.2, -0.15) is 5.10 Å². The number of nitrogens with one attached hydrogen (secondary N) is 1. The highest BCUT2D eigenvalue weighted by Crippen LogP contribution is 2.23. The molecule has 2 fully saturated rings. The lowest BCUT2D eigenvalue weighted by Gasteiger charge is -2.34. The average molecular weight is 397 g/mol. The summed E-state index contributed by atoms with van der Waals surface area (Å²) in [6, 6.07) is 4.42. The summed E-state index contributed by atoms with van der Waals surface area (Å²) in [6.07, 6.45) is 11.8. The van der Waals surface area contributed by atoms with E-state index in [9.17, 15) is 4.79 Å². The zero-order valence-electron chi connectivity index (χ0n) is 17.4. The lowest BCUT2D eigenvalue weighted by molar-refractivity contribution is -0.123. The first-order valence-corrected chi connectivity index (χ1v) is 10.8. The van der Waals surface area contributed by atoms with E-state index in [2.05, 4.69) is 31.4 Å². The Bertz CT molecular complexity index is 791. The van der Waals surface area contributed by atoms with Gasteiger partial charge in [-0.25, -0.2) is 0 Å². The van der Waals surface area contributed by atoms with E-state index in [-0.39, 0.29) is 5.91 Å². The molecule has 29 heavy (non-hydrogen) atoms. The molecule has 156 valence electrons. The summed E-state index contributed by atoms with van der Waals surface area (Å²) in [5.74, 6) is 0.192. The van der Waals surface area contributed by atoms with Crippen LogP contribution in [0.25, 0.3) is 11.3 Å². The van der Waals surface area contributed by atoms with Crippen molar-refractivity contribution in [3.8, 4) is 11.3 Å². The van der Waals surface area contributed by atoms with E-state index >= 15 is 0 Å². The molecule has 1 saturated heterocycles. The minimum Gasteiger partial charge on any atom is -0.352 e. The Labute approximate surface area is 173 Å². The number of rotatable bonds is 6. The molecule has 0 unspecified atom stereocenters. The van der Waals surface area contributed by atoms with Crippen LogP contribution in [0.1, 0.15) is 37.7 Å². The number of hydrogen-bond donors (Lipinski definition) is 1. The molecule has 1 N–H and O–H groups in total. The Balaban J connectivity index is 1.27.